The van der Waals surface area contributed by atoms with Gasteiger partial charge in [-0.15, -0.1) is 0 Å². The molecule has 2 rings (SSSR count). The third-order valence-corrected chi connectivity index (χ3v) is 5.59. The van der Waals surface area contributed by atoms with E-state index in [1.54, 1.807) is 6.08 Å². The van der Waals surface area contributed by atoms with Gasteiger partial charge < -0.3 is 9.45 Å². The van der Waals surface area contributed by atoms with E-state index in [0.29, 0.717) is 4.91 Å². The third kappa shape index (κ3) is 6.19. The monoisotopic (exact) mass is 400 g/mol. The molecule has 0 bridgehead atoms. The SMILES string of the molecule is CCN1CCC/C1=C\C=C1/SC(=S)N(CCS(=O)(=O)[O-])C1=O.[K+]. The Morgan fingerprint density at radius 2 is 2.09 bits per heavy atom. The largest absolute Gasteiger partial charge is 1.00 e. The molecule has 0 aromatic heterocycles. The average Bonchev–Trinajstić information content (AvgIpc) is 2.98. The zero-order valence-electron chi connectivity index (χ0n) is 13.1. The number of allylic oxidation sites excluding steroid dienone is 3. The molecule has 122 valence electrons. The van der Waals surface area contributed by atoms with Crippen LogP contribution in [0.3, 0.4) is 0 Å². The fraction of sp³-hybridized carbons (Fsp3) is 0.538. The van der Waals surface area contributed by atoms with Crippen LogP contribution >= 0.6 is 24.0 Å². The minimum absolute atomic E-state index is 0. The summed E-state index contributed by atoms with van der Waals surface area (Å²) in [5.41, 5.74) is 1.19. The van der Waals surface area contributed by atoms with E-state index in [4.69, 9.17) is 12.2 Å². The second-order valence-electron chi connectivity index (χ2n) is 4.96. The van der Waals surface area contributed by atoms with Crippen molar-refractivity contribution in [2.24, 2.45) is 0 Å². The van der Waals surface area contributed by atoms with Crippen molar-refractivity contribution < 1.29 is 69.1 Å². The number of thioether (sulfide) groups is 1. The first-order valence-electron chi connectivity index (χ1n) is 6.95. The van der Waals surface area contributed by atoms with Crippen LogP contribution in [0.1, 0.15) is 19.8 Å². The molecule has 10 heteroatoms. The summed E-state index contributed by atoms with van der Waals surface area (Å²) in [5.74, 6) is -0.964. The predicted octanol–water partition coefficient (Wildman–Crippen LogP) is -1.72. The summed E-state index contributed by atoms with van der Waals surface area (Å²) in [4.78, 5) is 16.1. The second kappa shape index (κ2) is 9.44. The molecule has 0 aliphatic carbocycles. The number of nitrogens with zero attached hydrogens (tertiary/aromatic N) is 2. The van der Waals surface area contributed by atoms with Gasteiger partial charge in [0.2, 0.25) is 0 Å². The molecule has 23 heavy (non-hydrogen) atoms. The standard InChI is InChI=1S/C13H18N2O4S3.K/c1-2-14-7-3-4-10(14)5-6-11-12(16)15(13(20)21-11)8-9-22(17,18)19;/h5-6H,2-4,7-9H2,1H3,(H,17,18,19);/q;+1/p-1/b10-5+,11-6-;. The number of carbonyl (C=O) groups is 1. The zero-order valence-corrected chi connectivity index (χ0v) is 18.7. The molecule has 6 nitrogen and oxygen atoms in total. The fourth-order valence-corrected chi connectivity index (χ4v) is 4.04. The summed E-state index contributed by atoms with van der Waals surface area (Å²) in [6, 6.07) is 0. The Kier molecular flexibility index (Phi) is 8.94. The molecule has 0 N–H and O–H groups in total. The summed E-state index contributed by atoms with van der Waals surface area (Å²) in [6.45, 7) is 3.86. The number of thiocarbonyl (C=S) groups is 1. The van der Waals surface area contributed by atoms with E-state index in [9.17, 15) is 17.8 Å². The van der Waals surface area contributed by atoms with Crippen molar-refractivity contribution >= 4 is 44.3 Å². The van der Waals surface area contributed by atoms with Crippen LogP contribution in [0.2, 0.25) is 0 Å². The van der Waals surface area contributed by atoms with Gasteiger partial charge in [0.05, 0.1) is 20.8 Å². The number of hydrogen-bond acceptors (Lipinski definition) is 7. The summed E-state index contributed by atoms with van der Waals surface area (Å²) in [5, 5.41) is 0. The molecule has 0 saturated carbocycles. The van der Waals surface area contributed by atoms with Gasteiger partial charge in [-0.2, -0.15) is 0 Å². The van der Waals surface area contributed by atoms with Crippen LogP contribution in [0.25, 0.3) is 0 Å². The van der Waals surface area contributed by atoms with Gasteiger partial charge >= 0.3 is 51.4 Å². The molecule has 0 radical (unpaired) electrons. The van der Waals surface area contributed by atoms with Crippen LogP contribution in [-0.4, -0.2) is 58.4 Å². The van der Waals surface area contributed by atoms with Gasteiger partial charge in [-0.3, -0.25) is 9.69 Å². The minimum atomic E-state index is -4.36. The van der Waals surface area contributed by atoms with Crippen molar-refractivity contribution in [1.29, 1.82) is 0 Å². The molecule has 0 unspecified atom stereocenters. The third-order valence-electron chi connectivity index (χ3n) is 3.51. The van der Waals surface area contributed by atoms with Crippen molar-refractivity contribution in [3.8, 4) is 0 Å². The number of likely N-dealkylation sites (tertiary alicyclic amines) is 1. The topological polar surface area (TPSA) is 80.8 Å². The van der Waals surface area contributed by atoms with Gasteiger partial charge in [0.15, 0.2) is 0 Å². The van der Waals surface area contributed by atoms with Crippen LogP contribution in [0.5, 0.6) is 0 Å². The van der Waals surface area contributed by atoms with Gasteiger partial charge in [0.1, 0.15) is 4.32 Å². The average molecular weight is 401 g/mol. The van der Waals surface area contributed by atoms with E-state index in [-0.39, 0.29) is 68.2 Å². The molecule has 0 spiro atoms. The molecule has 2 fully saturated rings. The number of rotatable bonds is 5. The van der Waals surface area contributed by atoms with Crippen molar-refractivity contribution in [2.45, 2.75) is 19.8 Å². The summed E-state index contributed by atoms with van der Waals surface area (Å²) in [7, 11) is -4.36. The van der Waals surface area contributed by atoms with E-state index in [1.807, 2.05) is 6.08 Å². The maximum atomic E-state index is 12.2. The molecule has 1 amide bonds. The number of carbonyl (C=O) groups excluding carboxylic acids is 1. The Balaban J connectivity index is 0.00000264. The van der Waals surface area contributed by atoms with Gasteiger partial charge in [-0.25, -0.2) is 8.42 Å². The quantitative estimate of drug-likeness (QED) is 0.235. The Morgan fingerprint density at radius 1 is 1.39 bits per heavy atom. The second-order valence-corrected chi connectivity index (χ2v) is 8.16. The maximum absolute atomic E-state index is 12.2. The smallest absolute Gasteiger partial charge is 0.748 e. The molecule has 2 saturated heterocycles. The molecular weight excluding hydrogens is 383 g/mol. The van der Waals surface area contributed by atoms with Crippen LogP contribution in [0.15, 0.2) is 22.8 Å². The Bertz CT molecular complexity index is 646. The molecule has 0 aromatic carbocycles. The minimum Gasteiger partial charge on any atom is -0.748 e. The van der Waals surface area contributed by atoms with Crippen LogP contribution < -0.4 is 51.4 Å². The van der Waals surface area contributed by atoms with E-state index in [1.165, 1.54) is 10.6 Å². The van der Waals surface area contributed by atoms with Crippen molar-refractivity contribution in [3.63, 3.8) is 0 Å². The fourth-order valence-electron chi connectivity index (χ4n) is 2.38. The first kappa shape index (κ1) is 21.8. The molecule has 2 heterocycles. The van der Waals surface area contributed by atoms with Crippen molar-refractivity contribution in [2.75, 3.05) is 25.4 Å². The van der Waals surface area contributed by atoms with Crippen LogP contribution in [0, 0.1) is 0 Å². The maximum Gasteiger partial charge on any atom is 1.00 e. The normalized spacial score (nSPS) is 22.3. The van der Waals surface area contributed by atoms with E-state index >= 15 is 0 Å². The van der Waals surface area contributed by atoms with Gasteiger partial charge in [-0.1, -0.05) is 24.0 Å². The van der Waals surface area contributed by atoms with E-state index < -0.39 is 15.9 Å². The van der Waals surface area contributed by atoms with Gasteiger partial charge in [0, 0.05) is 25.3 Å². The molecule has 2 aliphatic rings. The molecule has 0 atom stereocenters. The van der Waals surface area contributed by atoms with Crippen molar-refractivity contribution in [1.82, 2.24) is 9.80 Å². The summed E-state index contributed by atoms with van der Waals surface area (Å²) in [6.07, 6.45) is 5.75. The Labute approximate surface area is 188 Å². The summed E-state index contributed by atoms with van der Waals surface area (Å²) >= 11 is 6.21. The number of hydrogen-bond donors (Lipinski definition) is 0. The zero-order chi connectivity index (χ0) is 16.3. The first-order valence-corrected chi connectivity index (χ1v) is 9.75. The molecular formula is C13H17KN2O4S3. The van der Waals surface area contributed by atoms with Crippen molar-refractivity contribution in [3.05, 3.63) is 22.8 Å². The van der Waals surface area contributed by atoms with Gasteiger partial charge in [0.25, 0.3) is 5.91 Å². The first-order chi connectivity index (χ1) is 10.3. The molecule has 0 aromatic rings. The van der Waals surface area contributed by atoms with E-state index in [2.05, 4.69) is 11.8 Å². The van der Waals surface area contributed by atoms with Crippen LogP contribution in [-0.2, 0) is 14.9 Å². The predicted molar refractivity (Wildman–Crippen MR) is 89.1 cm³/mol. The Hall–Kier alpha value is 0.736. The Morgan fingerprint density at radius 3 is 2.70 bits per heavy atom. The number of amides is 1. The molecule has 2 aliphatic heterocycles. The summed E-state index contributed by atoms with van der Waals surface area (Å²) < 4.78 is 32.3. The van der Waals surface area contributed by atoms with Crippen LogP contribution in [0.4, 0.5) is 0 Å². The van der Waals surface area contributed by atoms with E-state index in [0.717, 1.165) is 37.7 Å². The van der Waals surface area contributed by atoms with Gasteiger partial charge in [-0.05, 0) is 31.9 Å².